The molecule has 0 bridgehead atoms. The molecule has 0 atom stereocenters. The van der Waals surface area contributed by atoms with Crippen molar-refractivity contribution in [2.45, 2.75) is 32.7 Å². The molecule has 0 saturated heterocycles. The van der Waals surface area contributed by atoms with Crippen molar-refractivity contribution < 1.29 is 14.7 Å². The minimum absolute atomic E-state index is 0.00241. The molecule has 1 saturated carbocycles. The summed E-state index contributed by atoms with van der Waals surface area (Å²) < 4.78 is 0. The number of rotatable bonds is 4. The van der Waals surface area contributed by atoms with Crippen molar-refractivity contribution in [1.29, 1.82) is 0 Å². The third kappa shape index (κ3) is 2.72. The van der Waals surface area contributed by atoms with Crippen molar-refractivity contribution in [2.24, 2.45) is 5.92 Å². The molecule has 1 aliphatic rings. The Labute approximate surface area is 77.5 Å². The molecule has 0 aromatic rings. The van der Waals surface area contributed by atoms with E-state index < -0.39 is 5.97 Å². The molecule has 1 rings (SSSR count). The second kappa shape index (κ2) is 3.77. The zero-order valence-corrected chi connectivity index (χ0v) is 7.99. The lowest BCUT2D eigenvalue weighted by Gasteiger charge is -2.24. The third-order valence-corrected chi connectivity index (χ3v) is 2.14. The summed E-state index contributed by atoms with van der Waals surface area (Å²) in [6, 6.07) is -0.0239. The van der Waals surface area contributed by atoms with Gasteiger partial charge in [0.15, 0.2) is 0 Å². The molecule has 0 unspecified atom stereocenters. The number of carbonyl (C=O) groups is 2. The number of nitrogens with zero attached hydrogens (tertiary/aromatic N) is 1. The summed E-state index contributed by atoms with van der Waals surface area (Å²) >= 11 is 0. The van der Waals surface area contributed by atoms with Crippen LogP contribution in [0.3, 0.4) is 0 Å². The van der Waals surface area contributed by atoms with Gasteiger partial charge in [-0.1, -0.05) is 0 Å². The van der Waals surface area contributed by atoms with Gasteiger partial charge in [0.2, 0.25) is 5.91 Å². The van der Waals surface area contributed by atoms with Crippen LogP contribution >= 0.6 is 0 Å². The fraction of sp³-hybridized carbons (Fsp3) is 0.778. The first kappa shape index (κ1) is 10.0. The second-order valence-electron chi connectivity index (χ2n) is 3.73. The average Bonchev–Trinajstić information content (AvgIpc) is 2.80. The SMILES string of the molecule is CC(C)N(CC(=O)O)C(=O)C1CC1. The molecular weight excluding hydrogens is 170 g/mol. The van der Waals surface area contributed by atoms with Gasteiger partial charge in [-0.3, -0.25) is 9.59 Å². The highest BCUT2D eigenvalue weighted by Crippen LogP contribution is 2.31. The Bertz CT molecular complexity index is 221. The van der Waals surface area contributed by atoms with E-state index in [1.807, 2.05) is 13.8 Å². The summed E-state index contributed by atoms with van der Waals surface area (Å²) in [6.07, 6.45) is 1.84. The number of carboxylic acids is 1. The molecule has 0 aromatic heterocycles. The van der Waals surface area contributed by atoms with Gasteiger partial charge >= 0.3 is 5.97 Å². The first-order valence-electron chi connectivity index (χ1n) is 4.54. The predicted molar refractivity (Wildman–Crippen MR) is 47.2 cm³/mol. The van der Waals surface area contributed by atoms with Crippen LogP contribution < -0.4 is 0 Å². The van der Waals surface area contributed by atoms with Crippen molar-refractivity contribution >= 4 is 11.9 Å². The lowest BCUT2D eigenvalue weighted by Crippen LogP contribution is -2.41. The van der Waals surface area contributed by atoms with Gasteiger partial charge in [-0.05, 0) is 26.7 Å². The molecular formula is C9H15NO3. The van der Waals surface area contributed by atoms with Crippen molar-refractivity contribution in [3.8, 4) is 0 Å². The largest absolute Gasteiger partial charge is 0.480 e. The van der Waals surface area contributed by atoms with E-state index in [1.165, 1.54) is 4.90 Å². The predicted octanol–water partition coefficient (Wildman–Crippen LogP) is 0.718. The fourth-order valence-corrected chi connectivity index (χ4v) is 1.23. The minimum Gasteiger partial charge on any atom is -0.480 e. The molecule has 0 aliphatic heterocycles. The van der Waals surface area contributed by atoms with Gasteiger partial charge < -0.3 is 10.0 Å². The van der Waals surface area contributed by atoms with Crippen molar-refractivity contribution in [2.75, 3.05) is 6.54 Å². The summed E-state index contributed by atoms with van der Waals surface area (Å²) in [5.74, 6) is -0.846. The van der Waals surface area contributed by atoms with Crippen LogP contribution in [0.5, 0.6) is 0 Å². The highest BCUT2D eigenvalue weighted by Gasteiger charge is 2.34. The van der Waals surface area contributed by atoms with Crippen LogP contribution in [0.2, 0.25) is 0 Å². The van der Waals surface area contributed by atoms with Gasteiger partial charge in [0, 0.05) is 12.0 Å². The van der Waals surface area contributed by atoms with Crippen LogP contribution in [0, 0.1) is 5.92 Å². The lowest BCUT2D eigenvalue weighted by molar-refractivity contribution is -0.146. The Morgan fingerprint density at radius 1 is 1.46 bits per heavy atom. The van der Waals surface area contributed by atoms with Crippen molar-refractivity contribution in [1.82, 2.24) is 4.90 Å². The number of hydrogen-bond acceptors (Lipinski definition) is 2. The summed E-state index contributed by atoms with van der Waals surface area (Å²) in [4.78, 5) is 23.4. The van der Waals surface area contributed by atoms with Crippen LogP contribution in [0.4, 0.5) is 0 Å². The van der Waals surface area contributed by atoms with Crippen LogP contribution in [0.25, 0.3) is 0 Å². The highest BCUT2D eigenvalue weighted by atomic mass is 16.4. The van der Waals surface area contributed by atoms with E-state index in [0.29, 0.717) is 0 Å². The Kier molecular flexibility index (Phi) is 2.90. The van der Waals surface area contributed by atoms with Crippen LogP contribution in [0.1, 0.15) is 26.7 Å². The van der Waals surface area contributed by atoms with E-state index in [4.69, 9.17) is 5.11 Å². The molecule has 1 amide bonds. The average molecular weight is 185 g/mol. The lowest BCUT2D eigenvalue weighted by atomic mass is 10.2. The maximum atomic E-state index is 11.5. The maximum Gasteiger partial charge on any atom is 0.323 e. The van der Waals surface area contributed by atoms with Gasteiger partial charge in [-0.2, -0.15) is 0 Å². The normalized spacial score (nSPS) is 15.9. The van der Waals surface area contributed by atoms with E-state index in [0.717, 1.165) is 12.8 Å². The Balaban J connectivity index is 2.55. The zero-order chi connectivity index (χ0) is 10.0. The van der Waals surface area contributed by atoms with Gasteiger partial charge in [-0.25, -0.2) is 0 Å². The van der Waals surface area contributed by atoms with E-state index in [9.17, 15) is 9.59 Å². The van der Waals surface area contributed by atoms with Gasteiger partial charge in [0.05, 0.1) is 0 Å². The monoisotopic (exact) mass is 185 g/mol. The van der Waals surface area contributed by atoms with Crippen molar-refractivity contribution in [3.63, 3.8) is 0 Å². The molecule has 0 aromatic carbocycles. The van der Waals surface area contributed by atoms with E-state index in [2.05, 4.69) is 0 Å². The quantitative estimate of drug-likeness (QED) is 0.702. The number of carboxylic acid groups (broad SMARTS) is 1. The van der Waals surface area contributed by atoms with E-state index in [-0.39, 0.29) is 24.4 Å². The third-order valence-electron chi connectivity index (χ3n) is 2.14. The fourth-order valence-electron chi connectivity index (χ4n) is 1.23. The molecule has 1 N–H and O–H groups in total. The Morgan fingerprint density at radius 3 is 2.31 bits per heavy atom. The maximum absolute atomic E-state index is 11.5. The Morgan fingerprint density at radius 2 is 2.00 bits per heavy atom. The Hall–Kier alpha value is -1.06. The topological polar surface area (TPSA) is 57.6 Å². The van der Waals surface area contributed by atoms with Crippen molar-refractivity contribution in [3.05, 3.63) is 0 Å². The molecule has 1 fully saturated rings. The van der Waals surface area contributed by atoms with Gasteiger partial charge in [0.25, 0.3) is 0 Å². The van der Waals surface area contributed by atoms with Crippen LogP contribution in [-0.4, -0.2) is 34.5 Å². The molecule has 4 nitrogen and oxygen atoms in total. The standard InChI is InChI=1S/C9H15NO3/c1-6(2)10(5-8(11)12)9(13)7-3-4-7/h6-7H,3-5H2,1-2H3,(H,11,12). The number of hydrogen-bond donors (Lipinski definition) is 1. The molecule has 0 radical (unpaired) electrons. The molecule has 0 spiro atoms. The zero-order valence-electron chi connectivity index (χ0n) is 7.99. The minimum atomic E-state index is -0.942. The molecule has 0 heterocycles. The summed E-state index contributed by atoms with van der Waals surface area (Å²) in [5.41, 5.74) is 0. The first-order chi connectivity index (χ1) is 6.02. The highest BCUT2D eigenvalue weighted by molar-refractivity contribution is 5.84. The molecule has 1 aliphatic carbocycles. The summed E-state index contributed by atoms with van der Waals surface area (Å²) in [7, 11) is 0. The number of aliphatic carboxylic acids is 1. The molecule has 74 valence electrons. The summed E-state index contributed by atoms with van der Waals surface area (Å²) in [5, 5.41) is 8.59. The number of amides is 1. The van der Waals surface area contributed by atoms with Gasteiger partial charge in [-0.15, -0.1) is 0 Å². The molecule has 13 heavy (non-hydrogen) atoms. The number of carbonyl (C=O) groups excluding carboxylic acids is 1. The smallest absolute Gasteiger partial charge is 0.323 e. The van der Waals surface area contributed by atoms with Crippen LogP contribution in [-0.2, 0) is 9.59 Å². The van der Waals surface area contributed by atoms with Gasteiger partial charge in [0.1, 0.15) is 6.54 Å². The summed E-state index contributed by atoms with van der Waals surface area (Å²) in [6.45, 7) is 3.50. The van der Waals surface area contributed by atoms with E-state index in [1.54, 1.807) is 0 Å². The molecule has 4 heteroatoms. The van der Waals surface area contributed by atoms with E-state index >= 15 is 0 Å². The van der Waals surface area contributed by atoms with Crippen LogP contribution in [0.15, 0.2) is 0 Å². The first-order valence-corrected chi connectivity index (χ1v) is 4.54. The second-order valence-corrected chi connectivity index (χ2v) is 3.73.